The van der Waals surface area contributed by atoms with E-state index in [1.165, 1.54) is 16.7 Å². The summed E-state index contributed by atoms with van der Waals surface area (Å²) < 4.78 is -0.599. The maximum atomic E-state index is 12.2. The van der Waals surface area contributed by atoms with Crippen molar-refractivity contribution in [3.05, 3.63) is 30.3 Å². The molecule has 7 nitrogen and oxygen atoms in total. The van der Waals surface area contributed by atoms with Crippen LogP contribution in [0.4, 0.5) is 10.5 Å². The molecular formula is C15H17N3O4S. The molecule has 1 aromatic carbocycles. The van der Waals surface area contributed by atoms with Crippen molar-refractivity contribution in [1.82, 2.24) is 10.2 Å². The number of fused-ring (bicyclic) bond motifs is 1. The first-order chi connectivity index (χ1) is 10.8. The first-order valence-corrected chi connectivity index (χ1v) is 8.04. The van der Waals surface area contributed by atoms with Crippen molar-refractivity contribution in [3.63, 3.8) is 0 Å². The van der Waals surface area contributed by atoms with Gasteiger partial charge in [-0.1, -0.05) is 18.2 Å². The number of amides is 3. The molecule has 0 radical (unpaired) electrons. The van der Waals surface area contributed by atoms with Gasteiger partial charge in [0.15, 0.2) is 0 Å². The molecule has 3 N–H and O–H groups in total. The van der Waals surface area contributed by atoms with Crippen molar-refractivity contribution in [3.8, 4) is 0 Å². The predicted molar refractivity (Wildman–Crippen MR) is 86.1 cm³/mol. The normalized spacial score (nSPS) is 27.8. The standard InChI is InChI=1S/C15H17N3O4S/c1-15(2)10(13(20)21)18-11(19)9(12(18)23-15)17-14(22)16-8-6-4-3-5-7-8/h3-7,9-10,12H,1-2H3,(H,20,21)(H2,16,17,22)/t9-,10+,12+/m0/s1. The molecule has 2 aliphatic rings. The van der Waals surface area contributed by atoms with Crippen LogP contribution >= 0.6 is 11.8 Å². The second kappa shape index (κ2) is 5.45. The first-order valence-electron chi connectivity index (χ1n) is 7.16. The topological polar surface area (TPSA) is 98.7 Å². The molecule has 2 heterocycles. The molecule has 0 saturated carbocycles. The average molecular weight is 335 g/mol. The van der Waals surface area contributed by atoms with E-state index in [2.05, 4.69) is 10.6 Å². The number of nitrogens with zero attached hydrogens (tertiary/aromatic N) is 1. The van der Waals surface area contributed by atoms with Crippen LogP contribution in [0.15, 0.2) is 30.3 Å². The number of thioether (sulfide) groups is 1. The van der Waals surface area contributed by atoms with Crippen LogP contribution < -0.4 is 10.6 Å². The molecular weight excluding hydrogens is 318 g/mol. The lowest BCUT2D eigenvalue weighted by molar-refractivity contribution is -0.159. The zero-order chi connectivity index (χ0) is 16.8. The van der Waals surface area contributed by atoms with Crippen LogP contribution in [0.5, 0.6) is 0 Å². The Morgan fingerprint density at radius 2 is 1.91 bits per heavy atom. The Kier molecular flexibility index (Phi) is 3.71. The van der Waals surface area contributed by atoms with Gasteiger partial charge in [0.1, 0.15) is 17.5 Å². The Balaban J connectivity index is 1.66. The number of carbonyl (C=O) groups is 3. The fourth-order valence-corrected chi connectivity index (χ4v) is 4.60. The number of para-hydroxylation sites is 1. The van der Waals surface area contributed by atoms with Crippen molar-refractivity contribution in [2.24, 2.45) is 0 Å². The lowest BCUT2D eigenvalue weighted by atomic mass is 9.96. The quantitative estimate of drug-likeness (QED) is 0.724. The third kappa shape index (κ3) is 2.63. The molecule has 2 saturated heterocycles. The highest BCUT2D eigenvalue weighted by Crippen LogP contribution is 2.50. The van der Waals surface area contributed by atoms with E-state index in [0.29, 0.717) is 5.69 Å². The van der Waals surface area contributed by atoms with Crippen LogP contribution in [0.2, 0.25) is 0 Å². The van der Waals surface area contributed by atoms with E-state index in [1.807, 2.05) is 6.07 Å². The summed E-state index contributed by atoms with van der Waals surface area (Å²) in [6.45, 7) is 3.59. The molecule has 0 aliphatic carbocycles. The van der Waals surface area contributed by atoms with Crippen molar-refractivity contribution >= 4 is 35.4 Å². The van der Waals surface area contributed by atoms with Gasteiger partial charge in [0.25, 0.3) is 0 Å². The van der Waals surface area contributed by atoms with Crippen LogP contribution in [-0.4, -0.2) is 50.1 Å². The van der Waals surface area contributed by atoms with Gasteiger partial charge in [-0.15, -0.1) is 11.8 Å². The fraction of sp³-hybridized carbons (Fsp3) is 0.400. The van der Waals surface area contributed by atoms with Crippen molar-refractivity contribution in [2.45, 2.75) is 36.1 Å². The van der Waals surface area contributed by atoms with Gasteiger partial charge in [-0.05, 0) is 26.0 Å². The molecule has 122 valence electrons. The van der Waals surface area contributed by atoms with Gasteiger partial charge < -0.3 is 20.6 Å². The summed E-state index contributed by atoms with van der Waals surface area (Å²) in [5.74, 6) is -1.38. The highest BCUT2D eigenvalue weighted by Gasteiger charge is 2.64. The van der Waals surface area contributed by atoms with E-state index < -0.39 is 28.8 Å². The average Bonchev–Trinajstić information content (AvgIpc) is 2.74. The van der Waals surface area contributed by atoms with Crippen molar-refractivity contribution in [2.75, 3.05) is 5.32 Å². The Morgan fingerprint density at radius 3 is 2.52 bits per heavy atom. The summed E-state index contributed by atoms with van der Waals surface area (Å²) in [7, 11) is 0. The molecule has 1 aromatic rings. The lowest BCUT2D eigenvalue weighted by Gasteiger charge is -2.43. The third-order valence-corrected chi connectivity index (χ3v) is 5.56. The van der Waals surface area contributed by atoms with E-state index in [1.54, 1.807) is 38.1 Å². The van der Waals surface area contributed by atoms with E-state index in [0.717, 1.165) is 0 Å². The number of β-lactam (4-membered cyclic amide) rings is 1. The summed E-state index contributed by atoms with van der Waals surface area (Å²) in [4.78, 5) is 37.0. The van der Waals surface area contributed by atoms with Crippen LogP contribution in [-0.2, 0) is 9.59 Å². The smallest absolute Gasteiger partial charge is 0.327 e. The Bertz CT molecular complexity index is 664. The molecule has 3 rings (SSSR count). The van der Waals surface area contributed by atoms with Crippen molar-refractivity contribution in [1.29, 1.82) is 0 Å². The van der Waals surface area contributed by atoms with Crippen LogP contribution in [0.1, 0.15) is 13.8 Å². The molecule has 0 aromatic heterocycles. The molecule has 3 amide bonds. The van der Waals surface area contributed by atoms with E-state index in [-0.39, 0.29) is 11.3 Å². The van der Waals surface area contributed by atoms with Gasteiger partial charge in [-0.25, -0.2) is 9.59 Å². The SMILES string of the molecule is CC1(C)S[C@@H]2[C@@H](NC(=O)Nc3ccccc3)C(=O)N2[C@@H]1C(=O)O. The number of carboxylic acid groups (broad SMARTS) is 1. The number of nitrogens with one attached hydrogen (secondary N) is 2. The summed E-state index contributed by atoms with van der Waals surface area (Å²) in [6, 6.07) is 6.83. The Morgan fingerprint density at radius 1 is 1.26 bits per heavy atom. The highest BCUT2D eigenvalue weighted by atomic mass is 32.2. The summed E-state index contributed by atoms with van der Waals surface area (Å²) in [5, 5.41) is 14.3. The number of rotatable bonds is 3. The van der Waals surface area contributed by atoms with E-state index in [9.17, 15) is 19.5 Å². The summed E-state index contributed by atoms with van der Waals surface area (Å²) in [5.41, 5.74) is 0.622. The number of anilines is 1. The largest absolute Gasteiger partial charge is 0.480 e. The van der Waals surface area contributed by atoms with E-state index >= 15 is 0 Å². The molecule has 8 heteroatoms. The monoisotopic (exact) mass is 335 g/mol. The lowest BCUT2D eigenvalue weighted by Crippen LogP contribution is -2.70. The fourth-order valence-electron chi connectivity index (χ4n) is 2.98. The summed E-state index contributed by atoms with van der Waals surface area (Å²) >= 11 is 1.40. The summed E-state index contributed by atoms with van der Waals surface area (Å²) in [6.07, 6.45) is 0. The molecule has 23 heavy (non-hydrogen) atoms. The van der Waals surface area contributed by atoms with Crippen molar-refractivity contribution < 1.29 is 19.5 Å². The van der Waals surface area contributed by atoms with Crippen LogP contribution in [0, 0.1) is 0 Å². The van der Waals surface area contributed by atoms with Crippen LogP contribution in [0.3, 0.4) is 0 Å². The highest BCUT2D eigenvalue weighted by molar-refractivity contribution is 8.01. The number of carboxylic acids is 1. The van der Waals surface area contributed by atoms with Gasteiger partial charge in [0.2, 0.25) is 5.91 Å². The van der Waals surface area contributed by atoms with Gasteiger partial charge >= 0.3 is 12.0 Å². The first kappa shape index (κ1) is 15.7. The number of hydrogen-bond acceptors (Lipinski definition) is 4. The minimum Gasteiger partial charge on any atom is -0.480 e. The molecule has 0 bridgehead atoms. The van der Waals surface area contributed by atoms with Gasteiger partial charge in [0, 0.05) is 10.4 Å². The van der Waals surface area contributed by atoms with E-state index in [4.69, 9.17) is 0 Å². The number of benzene rings is 1. The minimum atomic E-state index is -1.02. The maximum Gasteiger partial charge on any atom is 0.327 e. The Labute approximate surface area is 137 Å². The van der Waals surface area contributed by atoms with Gasteiger partial charge in [0.05, 0.1) is 0 Å². The molecule has 2 aliphatic heterocycles. The number of hydrogen-bond donors (Lipinski definition) is 3. The predicted octanol–water partition coefficient (Wildman–Crippen LogP) is 1.32. The minimum absolute atomic E-state index is 0.347. The van der Waals surface area contributed by atoms with Crippen LogP contribution in [0.25, 0.3) is 0 Å². The molecule has 3 atom stereocenters. The Hall–Kier alpha value is -2.22. The molecule has 2 fully saturated rings. The molecule has 0 unspecified atom stereocenters. The van der Waals surface area contributed by atoms with Gasteiger partial charge in [-0.2, -0.15) is 0 Å². The zero-order valence-corrected chi connectivity index (χ0v) is 13.5. The molecule has 0 spiro atoms. The number of urea groups is 1. The second-order valence-corrected chi connectivity index (χ2v) is 7.81. The third-order valence-electron chi connectivity index (χ3n) is 3.99. The number of aliphatic carboxylic acids is 1. The number of carbonyl (C=O) groups excluding carboxylic acids is 2. The zero-order valence-electron chi connectivity index (χ0n) is 12.6. The second-order valence-electron chi connectivity index (χ2n) is 6.04. The van der Waals surface area contributed by atoms with Gasteiger partial charge in [-0.3, -0.25) is 4.79 Å². The maximum absolute atomic E-state index is 12.2.